The van der Waals surface area contributed by atoms with Crippen molar-refractivity contribution in [3.63, 3.8) is 0 Å². The van der Waals surface area contributed by atoms with Crippen molar-refractivity contribution in [2.24, 2.45) is 0 Å². The second-order valence-electron chi connectivity index (χ2n) is 6.04. The number of rotatable bonds is 2. The number of nitrogens with one attached hydrogen (secondary N) is 1. The summed E-state index contributed by atoms with van der Waals surface area (Å²) in [6, 6.07) is 8.43. The van der Waals surface area contributed by atoms with Crippen LogP contribution in [0, 0.1) is 0 Å². The molecule has 134 valence electrons. The summed E-state index contributed by atoms with van der Waals surface area (Å²) in [4.78, 5) is 42.2. The number of allylic oxidation sites excluding steroid dienone is 2. The number of carbonyl (C=O) groups excluding carboxylic acids is 2. The third-order valence-corrected chi connectivity index (χ3v) is 6.85. The largest absolute Gasteiger partial charge is 0.496 e. The summed E-state index contributed by atoms with van der Waals surface area (Å²) < 4.78 is 10.9. The summed E-state index contributed by atoms with van der Waals surface area (Å²) in [6.07, 6.45) is 1.51. The second-order valence-corrected chi connectivity index (χ2v) is 8.08. The van der Waals surface area contributed by atoms with Gasteiger partial charge in [0.25, 0.3) is 0 Å². The van der Waals surface area contributed by atoms with Crippen molar-refractivity contribution in [3.05, 3.63) is 78.5 Å². The molecule has 1 N–H and O–H groups in total. The Morgan fingerprint density at radius 3 is 2.70 bits per heavy atom. The van der Waals surface area contributed by atoms with E-state index >= 15 is 0 Å². The van der Waals surface area contributed by atoms with Gasteiger partial charge in [0.05, 0.1) is 39.7 Å². The van der Waals surface area contributed by atoms with Crippen molar-refractivity contribution in [1.82, 2.24) is 4.98 Å². The van der Waals surface area contributed by atoms with Crippen molar-refractivity contribution >= 4 is 34.7 Å². The fourth-order valence-electron chi connectivity index (χ4n) is 3.52. The van der Waals surface area contributed by atoms with E-state index in [1.54, 1.807) is 30.3 Å². The molecule has 0 amide bonds. The molecule has 1 atom stereocenters. The van der Waals surface area contributed by atoms with Gasteiger partial charge in [0.2, 0.25) is 5.78 Å². The Bertz CT molecular complexity index is 1200. The van der Waals surface area contributed by atoms with Crippen molar-refractivity contribution in [2.75, 3.05) is 7.11 Å². The number of fused-ring (bicyclic) bond motifs is 2. The van der Waals surface area contributed by atoms with E-state index in [0.717, 1.165) is 23.1 Å². The van der Waals surface area contributed by atoms with E-state index in [2.05, 4.69) is 4.98 Å². The van der Waals surface area contributed by atoms with Gasteiger partial charge in [0.15, 0.2) is 5.78 Å². The minimum absolute atomic E-state index is 0.237. The van der Waals surface area contributed by atoms with E-state index in [1.807, 2.05) is 0 Å². The molecule has 8 heteroatoms. The first kappa shape index (κ1) is 16.3. The van der Waals surface area contributed by atoms with Crippen molar-refractivity contribution in [3.8, 4) is 5.75 Å². The van der Waals surface area contributed by atoms with Gasteiger partial charge >= 0.3 is 4.87 Å². The van der Waals surface area contributed by atoms with Crippen LogP contribution < -0.4 is 9.61 Å². The van der Waals surface area contributed by atoms with Crippen LogP contribution >= 0.6 is 23.1 Å². The lowest BCUT2D eigenvalue weighted by Crippen LogP contribution is -2.27. The van der Waals surface area contributed by atoms with E-state index in [1.165, 1.54) is 13.4 Å². The van der Waals surface area contributed by atoms with Crippen LogP contribution in [0.15, 0.2) is 61.3 Å². The molecule has 1 aromatic carbocycles. The molecule has 6 nitrogen and oxygen atoms in total. The molecular formula is C19H11NO5S2. The number of carbonyl (C=O) groups is 2. The standard InChI is InChI=1S/C19H11NO5S2/c1-24-9-5-2-4-8-11(9)15(22)13-12(10-6-3-7-25-10)17-18(20-19(23)27-17)26-16(13)14(8)21/h2-7,12H,1H3,(H,20,23). The number of H-pyrrole nitrogens is 1. The first-order valence-electron chi connectivity index (χ1n) is 8.05. The van der Waals surface area contributed by atoms with Crippen LogP contribution in [0.2, 0.25) is 0 Å². The lowest BCUT2D eigenvalue weighted by molar-refractivity contribution is 0.0973. The number of benzene rings is 1. The minimum atomic E-state index is -0.607. The number of furan rings is 1. The number of Topliss-reactive ketones (excluding diaryl/α,β-unsaturated/α-hetero) is 2. The van der Waals surface area contributed by atoms with Gasteiger partial charge in [-0.05, 0) is 24.3 Å². The Labute approximate surface area is 160 Å². The van der Waals surface area contributed by atoms with Crippen LogP contribution in [-0.2, 0) is 0 Å². The summed E-state index contributed by atoms with van der Waals surface area (Å²) in [6.45, 7) is 0. The van der Waals surface area contributed by atoms with E-state index in [4.69, 9.17) is 9.15 Å². The number of aromatic amines is 1. The molecule has 2 aliphatic rings. The van der Waals surface area contributed by atoms with Gasteiger partial charge in [-0.2, -0.15) is 0 Å². The quantitative estimate of drug-likeness (QED) is 0.711. The molecule has 0 saturated carbocycles. The molecule has 0 radical (unpaired) electrons. The highest BCUT2D eigenvalue weighted by Crippen LogP contribution is 2.52. The monoisotopic (exact) mass is 397 g/mol. The third-order valence-electron chi connectivity index (χ3n) is 4.64. The van der Waals surface area contributed by atoms with Crippen LogP contribution in [0.5, 0.6) is 5.75 Å². The van der Waals surface area contributed by atoms with Crippen LogP contribution in [0.4, 0.5) is 0 Å². The van der Waals surface area contributed by atoms with E-state index < -0.39 is 5.92 Å². The zero-order chi connectivity index (χ0) is 18.7. The fourth-order valence-corrected chi connectivity index (χ4v) is 5.78. The first-order chi connectivity index (χ1) is 13.1. The molecule has 3 heterocycles. The maximum absolute atomic E-state index is 13.5. The number of methoxy groups -OCH3 is 1. The Morgan fingerprint density at radius 1 is 1.11 bits per heavy atom. The van der Waals surface area contributed by atoms with Gasteiger partial charge in [-0.25, -0.2) is 0 Å². The first-order valence-corrected chi connectivity index (χ1v) is 9.68. The minimum Gasteiger partial charge on any atom is -0.496 e. The maximum Gasteiger partial charge on any atom is 0.305 e. The highest BCUT2D eigenvalue weighted by atomic mass is 32.2. The van der Waals surface area contributed by atoms with E-state index in [-0.39, 0.29) is 22.0 Å². The molecule has 1 aliphatic carbocycles. The Morgan fingerprint density at radius 2 is 1.96 bits per heavy atom. The van der Waals surface area contributed by atoms with Crippen LogP contribution in [0.1, 0.15) is 37.3 Å². The predicted octanol–water partition coefficient (Wildman–Crippen LogP) is 3.61. The van der Waals surface area contributed by atoms with Gasteiger partial charge in [0, 0.05) is 11.1 Å². The number of aromatic nitrogens is 1. The molecule has 27 heavy (non-hydrogen) atoms. The summed E-state index contributed by atoms with van der Waals surface area (Å²) in [5.74, 6) is -0.271. The zero-order valence-electron chi connectivity index (χ0n) is 13.9. The average Bonchev–Trinajstić information content (AvgIpc) is 3.32. The predicted molar refractivity (Wildman–Crippen MR) is 100 cm³/mol. The van der Waals surface area contributed by atoms with Gasteiger partial charge in [-0.3, -0.25) is 14.4 Å². The molecule has 5 rings (SSSR count). The van der Waals surface area contributed by atoms with Crippen LogP contribution in [0.3, 0.4) is 0 Å². The highest BCUT2D eigenvalue weighted by molar-refractivity contribution is 8.04. The molecule has 0 bridgehead atoms. The number of thiazole rings is 1. The highest BCUT2D eigenvalue weighted by Gasteiger charge is 2.44. The molecule has 0 spiro atoms. The van der Waals surface area contributed by atoms with E-state index in [0.29, 0.717) is 37.5 Å². The Kier molecular flexibility index (Phi) is 3.53. The SMILES string of the molecule is COc1cccc2c1C(=O)C1=C(Sc3[nH]c(=O)sc3C1c1ccco1)C2=O. The number of hydrogen-bond acceptors (Lipinski definition) is 7. The molecule has 1 aliphatic heterocycles. The van der Waals surface area contributed by atoms with Gasteiger partial charge in [-0.15, -0.1) is 0 Å². The average molecular weight is 397 g/mol. The van der Waals surface area contributed by atoms with Crippen LogP contribution in [-0.4, -0.2) is 23.7 Å². The van der Waals surface area contributed by atoms with Crippen molar-refractivity contribution < 1.29 is 18.7 Å². The number of ketones is 2. The summed E-state index contributed by atoms with van der Waals surface area (Å²) >= 11 is 2.16. The lowest BCUT2D eigenvalue weighted by atomic mass is 9.81. The van der Waals surface area contributed by atoms with Crippen LogP contribution in [0.25, 0.3) is 0 Å². The number of hydrogen-bond donors (Lipinski definition) is 1. The molecule has 0 saturated heterocycles. The summed E-state index contributed by atoms with van der Waals surface area (Å²) in [5, 5.41) is 0.581. The zero-order valence-corrected chi connectivity index (χ0v) is 15.5. The van der Waals surface area contributed by atoms with E-state index in [9.17, 15) is 14.4 Å². The topological polar surface area (TPSA) is 89.4 Å². The number of thioether (sulfide) groups is 1. The summed E-state index contributed by atoms with van der Waals surface area (Å²) in [5.41, 5.74) is 0.900. The molecule has 0 fully saturated rings. The Hall–Kier alpha value is -2.84. The fraction of sp³-hybridized carbons (Fsp3) is 0.105. The van der Waals surface area contributed by atoms with Crippen molar-refractivity contribution in [2.45, 2.75) is 10.9 Å². The molecular weight excluding hydrogens is 386 g/mol. The third kappa shape index (κ3) is 2.23. The molecule has 3 aromatic rings. The number of ether oxygens (including phenoxy) is 1. The molecule has 1 unspecified atom stereocenters. The van der Waals surface area contributed by atoms with Crippen molar-refractivity contribution in [1.29, 1.82) is 0 Å². The van der Waals surface area contributed by atoms with Gasteiger partial charge < -0.3 is 14.1 Å². The smallest absolute Gasteiger partial charge is 0.305 e. The Balaban J connectivity index is 1.81. The second kappa shape index (κ2) is 5.83. The maximum atomic E-state index is 13.5. The lowest BCUT2D eigenvalue weighted by Gasteiger charge is -2.29. The summed E-state index contributed by atoms with van der Waals surface area (Å²) in [7, 11) is 1.47. The molecule has 2 aromatic heterocycles. The van der Waals surface area contributed by atoms with Gasteiger partial charge in [-0.1, -0.05) is 29.2 Å². The van der Waals surface area contributed by atoms with Gasteiger partial charge in [0.1, 0.15) is 11.5 Å². The normalized spacial score (nSPS) is 18.2.